The molecule has 2 aliphatic heterocycles. The van der Waals surface area contributed by atoms with Gasteiger partial charge in [-0.05, 0) is 31.0 Å². The maximum Gasteiger partial charge on any atom is 0.213 e. The number of rotatable bonds is 3. The summed E-state index contributed by atoms with van der Waals surface area (Å²) < 4.78 is 5.19. The molecule has 1 unspecified atom stereocenters. The highest BCUT2D eigenvalue weighted by Crippen LogP contribution is 2.22. The van der Waals surface area contributed by atoms with Gasteiger partial charge < -0.3 is 4.74 Å². The zero-order chi connectivity index (χ0) is 13.1. The molecule has 0 amide bonds. The largest absolute Gasteiger partial charge is 0.481 e. The maximum absolute atomic E-state index is 5.19. The van der Waals surface area contributed by atoms with Crippen molar-refractivity contribution in [1.29, 1.82) is 0 Å². The first kappa shape index (κ1) is 12.9. The Bertz CT molecular complexity index is 424. The first-order valence-corrected chi connectivity index (χ1v) is 7.30. The zero-order valence-electron chi connectivity index (χ0n) is 11.7. The number of piperidine rings is 1. The van der Waals surface area contributed by atoms with Crippen molar-refractivity contribution < 1.29 is 4.74 Å². The number of pyridine rings is 1. The van der Waals surface area contributed by atoms with Crippen LogP contribution in [0.4, 0.5) is 0 Å². The van der Waals surface area contributed by atoms with Gasteiger partial charge in [-0.1, -0.05) is 6.42 Å². The molecule has 4 heteroatoms. The van der Waals surface area contributed by atoms with Crippen LogP contribution in [0.1, 0.15) is 24.8 Å². The van der Waals surface area contributed by atoms with E-state index in [1.165, 1.54) is 51.0 Å². The lowest BCUT2D eigenvalue weighted by Crippen LogP contribution is -2.54. The number of hydrogen-bond donors (Lipinski definition) is 0. The summed E-state index contributed by atoms with van der Waals surface area (Å²) in [6.07, 6.45) is 6.00. The number of hydrogen-bond acceptors (Lipinski definition) is 4. The van der Waals surface area contributed by atoms with Crippen molar-refractivity contribution in [2.75, 3.05) is 33.3 Å². The number of aromatic nitrogens is 1. The first-order valence-electron chi connectivity index (χ1n) is 7.30. The van der Waals surface area contributed by atoms with Crippen molar-refractivity contribution in [3.05, 3.63) is 23.9 Å². The third-order valence-electron chi connectivity index (χ3n) is 4.34. The van der Waals surface area contributed by atoms with Crippen LogP contribution in [0.3, 0.4) is 0 Å². The van der Waals surface area contributed by atoms with Gasteiger partial charge in [0.2, 0.25) is 5.88 Å². The number of nitrogens with zero attached hydrogens (tertiary/aromatic N) is 3. The molecule has 0 spiro atoms. The lowest BCUT2D eigenvalue weighted by molar-refractivity contribution is 0.0456. The van der Waals surface area contributed by atoms with E-state index >= 15 is 0 Å². The Labute approximate surface area is 115 Å². The summed E-state index contributed by atoms with van der Waals surface area (Å²) >= 11 is 0. The monoisotopic (exact) mass is 261 g/mol. The minimum absolute atomic E-state index is 0.716. The highest BCUT2D eigenvalue weighted by molar-refractivity contribution is 5.20. The molecule has 1 aromatic rings. The topological polar surface area (TPSA) is 28.6 Å². The average molecular weight is 261 g/mol. The normalized spacial score (nSPS) is 25.0. The molecular formula is C15H23N3O. The molecule has 2 aliphatic rings. The zero-order valence-corrected chi connectivity index (χ0v) is 11.7. The van der Waals surface area contributed by atoms with Crippen molar-refractivity contribution in [2.45, 2.75) is 31.8 Å². The van der Waals surface area contributed by atoms with Gasteiger partial charge >= 0.3 is 0 Å². The molecule has 2 fully saturated rings. The Balaban J connectivity index is 1.60. The summed E-state index contributed by atoms with van der Waals surface area (Å²) in [5.41, 5.74) is 1.30. The molecule has 0 saturated carbocycles. The van der Waals surface area contributed by atoms with E-state index in [1.54, 1.807) is 7.11 Å². The summed E-state index contributed by atoms with van der Waals surface area (Å²) in [6.45, 7) is 5.95. The van der Waals surface area contributed by atoms with Crippen LogP contribution in [-0.2, 0) is 6.54 Å². The Morgan fingerprint density at radius 2 is 2.26 bits per heavy atom. The van der Waals surface area contributed by atoms with E-state index in [1.807, 2.05) is 12.3 Å². The molecule has 0 aromatic carbocycles. The standard InChI is InChI=1S/C15H23N3O/c1-19-15-10-13(5-6-16-15)11-17-8-9-18-7-3-2-4-14(18)12-17/h5-6,10,14H,2-4,7-9,11-12H2,1H3. The van der Waals surface area contributed by atoms with Crippen molar-refractivity contribution in [2.24, 2.45) is 0 Å². The Morgan fingerprint density at radius 3 is 3.16 bits per heavy atom. The second-order valence-corrected chi connectivity index (χ2v) is 5.63. The molecule has 4 nitrogen and oxygen atoms in total. The fourth-order valence-corrected chi connectivity index (χ4v) is 3.28. The minimum Gasteiger partial charge on any atom is -0.481 e. The number of piperazine rings is 1. The van der Waals surface area contributed by atoms with E-state index in [9.17, 15) is 0 Å². The number of fused-ring (bicyclic) bond motifs is 1. The molecule has 1 aromatic heterocycles. The number of methoxy groups -OCH3 is 1. The summed E-state index contributed by atoms with van der Waals surface area (Å²) in [7, 11) is 1.67. The van der Waals surface area contributed by atoms with Gasteiger partial charge in [0.1, 0.15) is 0 Å². The molecule has 0 radical (unpaired) electrons. The van der Waals surface area contributed by atoms with Gasteiger partial charge in [0.15, 0.2) is 0 Å². The van der Waals surface area contributed by atoms with Crippen molar-refractivity contribution >= 4 is 0 Å². The van der Waals surface area contributed by atoms with Gasteiger partial charge in [-0.25, -0.2) is 4.98 Å². The van der Waals surface area contributed by atoms with Gasteiger partial charge in [0.05, 0.1) is 7.11 Å². The smallest absolute Gasteiger partial charge is 0.213 e. The molecule has 1 atom stereocenters. The molecule has 3 rings (SSSR count). The second-order valence-electron chi connectivity index (χ2n) is 5.63. The predicted octanol–water partition coefficient (Wildman–Crippen LogP) is 1.76. The Morgan fingerprint density at radius 1 is 1.32 bits per heavy atom. The first-order chi connectivity index (χ1) is 9.35. The maximum atomic E-state index is 5.19. The fraction of sp³-hybridized carbons (Fsp3) is 0.667. The molecule has 0 aliphatic carbocycles. The fourth-order valence-electron chi connectivity index (χ4n) is 3.28. The third-order valence-corrected chi connectivity index (χ3v) is 4.34. The van der Waals surface area contributed by atoms with Crippen LogP contribution in [0, 0.1) is 0 Å². The van der Waals surface area contributed by atoms with Crippen LogP contribution in [0.2, 0.25) is 0 Å². The highest BCUT2D eigenvalue weighted by Gasteiger charge is 2.28. The molecule has 19 heavy (non-hydrogen) atoms. The van der Waals surface area contributed by atoms with E-state index < -0.39 is 0 Å². The van der Waals surface area contributed by atoms with Crippen LogP contribution in [0.25, 0.3) is 0 Å². The van der Waals surface area contributed by atoms with E-state index in [0.29, 0.717) is 5.88 Å². The second kappa shape index (κ2) is 5.88. The molecule has 2 saturated heterocycles. The Kier molecular flexibility index (Phi) is 3.99. The molecule has 0 N–H and O–H groups in total. The van der Waals surface area contributed by atoms with Crippen LogP contribution < -0.4 is 4.74 Å². The average Bonchev–Trinajstić information content (AvgIpc) is 2.47. The van der Waals surface area contributed by atoms with Gasteiger partial charge in [-0.15, -0.1) is 0 Å². The summed E-state index contributed by atoms with van der Waals surface area (Å²) in [6, 6.07) is 4.93. The summed E-state index contributed by atoms with van der Waals surface area (Å²) in [5.74, 6) is 0.716. The van der Waals surface area contributed by atoms with Gasteiger partial charge in [0, 0.05) is 44.5 Å². The minimum atomic E-state index is 0.716. The van der Waals surface area contributed by atoms with Crippen LogP contribution in [-0.4, -0.2) is 54.1 Å². The summed E-state index contributed by atoms with van der Waals surface area (Å²) in [5, 5.41) is 0. The van der Waals surface area contributed by atoms with E-state index in [2.05, 4.69) is 20.9 Å². The Hall–Kier alpha value is -1.13. The molecule has 3 heterocycles. The lowest BCUT2D eigenvalue weighted by Gasteiger charge is -2.44. The summed E-state index contributed by atoms with van der Waals surface area (Å²) in [4.78, 5) is 9.41. The molecular weight excluding hydrogens is 238 g/mol. The van der Waals surface area contributed by atoms with Crippen LogP contribution in [0.15, 0.2) is 18.3 Å². The third kappa shape index (κ3) is 3.07. The van der Waals surface area contributed by atoms with E-state index in [0.717, 1.165) is 12.6 Å². The van der Waals surface area contributed by atoms with Crippen LogP contribution in [0.5, 0.6) is 5.88 Å². The van der Waals surface area contributed by atoms with Crippen LogP contribution >= 0.6 is 0 Å². The quantitative estimate of drug-likeness (QED) is 0.829. The van der Waals surface area contributed by atoms with Gasteiger partial charge in [0.25, 0.3) is 0 Å². The number of ether oxygens (including phenoxy) is 1. The molecule has 0 bridgehead atoms. The van der Waals surface area contributed by atoms with E-state index in [4.69, 9.17) is 4.74 Å². The van der Waals surface area contributed by atoms with Gasteiger partial charge in [-0.2, -0.15) is 0 Å². The highest BCUT2D eigenvalue weighted by atomic mass is 16.5. The lowest BCUT2D eigenvalue weighted by atomic mass is 9.99. The van der Waals surface area contributed by atoms with Crippen molar-refractivity contribution in [3.63, 3.8) is 0 Å². The predicted molar refractivity (Wildman–Crippen MR) is 75.3 cm³/mol. The van der Waals surface area contributed by atoms with Crippen molar-refractivity contribution in [3.8, 4) is 5.88 Å². The SMILES string of the molecule is COc1cc(CN2CCN3CCCCC3C2)ccn1. The van der Waals surface area contributed by atoms with Gasteiger partial charge in [-0.3, -0.25) is 9.80 Å². The molecule has 104 valence electrons. The van der Waals surface area contributed by atoms with E-state index in [-0.39, 0.29) is 0 Å². The van der Waals surface area contributed by atoms with Crippen molar-refractivity contribution in [1.82, 2.24) is 14.8 Å².